The van der Waals surface area contributed by atoms with Gasteiger partial charge in [0.15, 0.2) is 5.16 Å². The van der Waals surface area contributed by atoms with Crippen LogP contribution in [0.25, 0.3) is 0 Å². The van der Waals surface area contributed by atoms with E-state index in [0.29, 0.717) is 11.4 Å². The van der Waals surface area contributed by atoms with Crippen molar-refractivity contribution >= 4 is 29.3 Å². The van der Waals surface area contributed by atoms with Crippen LogP contribution in [0.5, 0.6) is 0 Å². The molecule has 7 nitrogen and oxygen atoms in total. The SMILES string of the molecule is COC(=O)Cc1cc(=O)[nH]c(S[C@@H](C)C(=O)Nc2cccc(C)c2)n1. The number of thioether (sulfide) groups is 1. The molecule has 1 heterocycles. The first-order valence-corrected chi connectivity index (χ1v) is 8.46. The van der Waals surface area contributed by atoms with E-state index in [1.807, 2.05) is 25.1 Å². The third kappa shape index (κ3) is 5.75. The van der Waals surface area contributed by atoms with Gasteiger partial charge in [0.05, 0.1) is 24.5 Å². The number of rotatable bonds is 6. The lowest BCUT2D eigenvalue weighted by molar-refractivity contribution is -0.139. The van der Waals surface area contributed by atoms with E-state index in [0.717, 1.165) is 17.3 Å². The number of benzene rings is 1. The van der Waals surface area contributed by atoms with Crippen molar-refractivity contribution in [1.82, 2.24) is 9.97 Å². The Bertz CT molecular complexity index is 835. The highest BCUT2D eigenvalue weighted by molar-refractivity contribution is 8.00. The standard InChI is InChI=1S/C17H19N3O4S/c1-10-5-4-6-12(7-10)18-16(23)11(2)25-17-19-13(8-14(21)20-17)9-15(22)24-3/h4-8,11H,9H2,1-3H3,(H,18,23)(H,19,20,21)/t11-/m0/s1. The molecule has 0 radical (unpaired) electrons. The van der Waals surface area contributed by atoms with Gasteiger partial charge in [0.1, 0.15) is 0 Å². The zero-order valence-electron chi connectivity index (χ0n) is 14.2. The van der Waals surface area contributed by atoms with Gasteiger partial charge in [-0.2, -0.15) is 0 Å². The number of nitrogens with zero attached hydrogens (tertiary/aromatic N) is 1. The van der Waals surface area contributed by atoms with Crippen molar-refractivity contribution in [3.8, 4) is 0 Å². The molecule has 0 unspecified atom stereocenters. The van der Waals surface area contributed by atoms with Gasteiger partial charge >= 0.3 is 5.97 Å². The molecule has 0 aliphatic carbocycles. The number of aromatic amines is 1. The van der Waals surface area contributed by atoms with Gasteiger partial charge in [-0.15, -0.1) is 0 Å². The highest BCUT2D eigenvalue weighted by atomic mass is 32.2. The fraction of sp³-hybridized carbons (Fsp3) is 0.294. The van der Waals surface area contributed by atoms with Gasteiger partial charge in [-0.1, -0.05) is 23.9 Å². The number of nitrogens with one attached hydrogen (secondary N) is 2. The maximum Gasteiger partial charge on any atom is 0.311 e. The lowest BCUT2D eigenvalue weighted by Crippen LogP contribution is -2.23. The summed E-state index contributed by atoms with van der Waals surface area (Å²) in [6.07, 6.45) is -0.0994. The minimum atomic E-state index is -0.489. The highest BCUT2D eigenvalue weighted by Gasteiger charge is 2.17. The molecule has 0 saturated carbocycles. The molecule has 0 aliphatic heterocycles. The Morgan fingerprint density at radius 1 is 1.36 bits per heavy atom. The van der Waals surface area contributed by atoms with Crippen LogP contribution < -0.4 is 10.9 Å². The first kappa shape index (κ1) is 18.7. The van der Waals surface area contributed by atoms with Crippen LogP contribution in [0.3, 0.4) is 0 Å². The number of anilines is 1. The second kappa shape index (κ2) is 8.48. The molecule has 1 aromatic heterocycles. The number of hydrogen-bond donors (Lipinski definition) is 2. The second-order valence-corrected chi connectivity index (χ2v) is 6.74. The Morgan fingerprint density at radius 2 is 2.12 bits per heavy atom. The Morgan fingerprint density at radius 3 is 2.80 bits per heavy atom. The molecule has 1 atom stereocenters. The van der Waals surface area contributed by atoms with Crippen LogP contribution in [0, 0.1) is 6.92 Å². The van der Waals surface area contributed by atoms with Gasteiger partial charge in [0.2, 0.25) is 5.91 Å². The molecule has 0 bridgehead atoms. The van der Waals surface area contributed by atoms with Crippen molar-refractivity contribution in [3.05, 3.63) is 51.9 Å². The summed E-state index contributed by atoms with van der Waals surface area (Å²) in [5, 5.41) is 2.61. The molecular formula is C17H19N3O4S. The molecule has 2 aromatic rings. The topological polar surface area (TPSA) is 101 Å². The summed E-state index contributed by atoms with van der Waals surface area (Å²) in [6.45, 7) is 3.65. The summed E-state index contributed by atoms with van der Waals surface area (Å²) < 4.78 is 4.57. The quantitative estimate of drug-likeness (QED) is 0.463. The number of ether oxygens (including phenoxy) is 1. The Balaban J connectivity index is 2.06. The van der Waals surface area contributed by atoms with Crippen LogP contribution in [-0.2, 0) is 20.7 Å². The van der Waals surface area contributed by atoms with Crippen LogP contribution in [0.4, 0.5) is 5.69 Å². The molecule has 0 fully saturated rings. The summed E-state index contributed by atoms with van der Waals surface area (Å²) in [4.78, 5) is 42.1. The molecule has 0 aliphatic rings. The molecule has 2 rings (SSSR count). The number of carbonyl (C=O) groups is 2. The third-order valence-corrected chi connectivity index (χ3v) is 4.25. The normalized spacial score (nSPS) is 11.6. The number of methoxy groups -OCH3 is 1. The largest absolute Gasteiger partial charge is 0.469 e. The van der Waals surface area contributed by atoms with Gasteiger partial charge in [-0.05, 0) is 31.5 Å². The fourth-order valence-corrected chi connectivity index (χ4v) is 2.87. The van der Waals surface area contributed by atoms with Crippen molar-refractivity contribution in [2.45, 2.75) is 30.7 Å². The number of amides is 1. The minimum Gasteiger partial charge on any atom is -0.469 e. The van der Waals surface area contributed by atoms with Crippen LogP contribution in [-0.4, -0.2) is 34.2 Å². The predicted octanol–water partition coefficient (Wildman–Crippen LogP) is 1.91. The zero-order valence-corrected chi connectivity index (χ0v) is 15.0. The van der Waals surface area contributed by atoms with Crippen molar-refractivity contribution < 1.29 is 14.3 Å². The Kier molecular flexibility index (Phi) is 6.35. The molecule has 1 aromatic carbocycles. The smallest absolute Gasteiger partial charge is 0.311 e. The van der Waals surface area contributed by atoms with E-state index in [1.54, 1.807) is 13.0 Å². The molecule has 1 amide bonds. The number of H-pyrrole nitrogens is 1. The van der Waals surface area contributed by atoms with Gasteiger partial charge in [0, 0.05) is 11.8 Å². The average molecular weight is 361 g/mol. The summed E-state index contributed by atoms with van der Waals surface area (Å²) in [6, 6.07) is 8.71. The summed E-state index contributed by atoms with van der Waals surface area (Å²) >= 11 is 1.11. The fourth-order valence-electron chi connectivity index (χ4n) is 2.04. The van der Waals surface area contributed by atoms with E-state index in [2.05, 4.69) is 20.0 Å². The van der Waals surface area contributed by atoms with Gasteiger partial charge in [-0.25, -0.2) is 4.98 Å². The summed E-state index contributed by atoms with van der Waals surface area (Å²) in [5.41, 5.74) is 1.66. The van der Waals surface area contributed by atoms with E-state index < -0.39 is 11.2 Å². The van der Waals surface area contributed by atoms with E-state index in [1.165, 1.54) is 13.2 Å². The zero-order chi connectivity index (χ0) is 18.4. The Hall–Kier alpha value is -2.61. The maximum atomic E-state index is 12.3. The molecule has 8 heteroatoms. The van der Waals surface area contributed by atoms with Gasteiger partial charge < -0.3 is 15.0 Å². The predicted molar refractivity (Wildman–Crippen MR) is 95.7 cm³/mol. The average Bonchev–Trinajstić information content (AvgIpc) is 2.54. The number of esters is 1. The van der Waals surface area contributed by atoms with E-state index in [4.69, 9.17) is 0 Å². The van der Waals surface area contributed by atoms with Crippen LogP contribution >= 0.6 is 11.8 Å². The van der Waals surface area contributed by atoms with Crippen molar-refractivity contribution in [2.24, 2.45) is 0 Å². The molecule has 0 spiro atoms. The van der Waals surface area contributed by atoms with E-state index in [9.17, 15) is 14.4 Å². The number of hydrogen-bond acceptors (Lipinski definition) is 6. The minimum absolute atomic E-state index is 0.0994. The lowest BCUT2D eigenvalue weighted by Gasteiger charge is -2.12. The van der Waals surface area contributed by atoms with Gasteiger partial charge in [0.25, 0.3) is 5.56 Å². The number of aromatic nitrogens is 2. The number of aryl methyl sites for hydroxylation is 1. The first-order valence-electron chi connectivity index (χ1n) is 7.58. The van der Waals surface area contributed by atoms with E-state index >= 15 is 0 Å². The van der Waals surface area contributed by atoms with Crippen LogP contribution in [0.15, 0.2) is 40.3 Å². The van der Waals surface area contributed by atoms with Crippen molar-refractivity contribution in [1.29, 1.82) is 0 Å². The molecule has 0 saturated heterocycles. The van der Waals surface area contributed by atoms with Crippen molar-refractivity contribution in [3.63, 3.8) is 0 Å². The maximum absolute atomic E-state index is 12.3. The van der Waals surface area contributed by atoms with Crippen LogP contribution in [0.2, 0.25) is 0 Å². The van der Waals surface area contributed by atoms with Gasteiger partial charge in [-0.3, -0.25) is 14.4 Å². The number of carbonyl (C=O) groups excluding carboxylic acids is 2. The second-order valence-electron chi connectivity index (χ2n) is 5.41. The van der Waals surface area contributed by atoms with Crippen molar-refractivity contribution in [2.75, 3.05) is 12.4 Å². The highest BCUT2D eigenvalue weighted by Crippen LogP contribution is 2.20. The lowest BCUT2D eigenvalue weighted by atomic mass is 10.2. The first-order chi connectivity index (χ1) is 11.9. The molecule has 2 N–H and O–H groups in total. The summed E-state index contributed by atoms with van der Waals surface area (Å²) in [7, 11) is 1.27. The Labute approximate surface area is 149 Å². The third-order valence-electron chi connectivity index (χ3n) is 3.27. The molecular weight excluding hydrogens is 342 g/mol. The molecule has 25 heavy (non-hydrogen) atoms. The monoisotopic (exact) mass is 361 g/mol. The van der Waals surface area contributed by atoms with E-state index in [-0.39, 0.29) is 23.0 Å². The summed E-state index contributed by atoms with van der Waals surface area (Å²) in [5.74, 6) is -0.698. The van der Waals surface area contributed by atoms with Crippen LogP contribution in [0.1, 0.15) is 18.2 Å². The molecule has 132 valence electrons.